The number of benzene rings is 1. The number of hydrogen-bond donors (Lipinski definition) is 3. The maximum Gasteiger partial charge on any atom is 0.246 e. The van der Waals surface area contributed by atoms with E-state index in [1.807, 2.05) is 19.1 Å². The van der Waals surface area contributed by atoms with Gasteiger partial charge in [-0.1, -0.05) is 24.2 Å². The fourth-order valence-electron chi connectivity index (χ4n) is 4.04. The second-order valence-corrected chi connectivity index (χ2v) is 8.98. The van der Waals surface area contributed by atoms with Gasteiger partial charge in [0.2, 0.25) is 5.91 Å². The van der Waals surface area contributed by atoms with Crippen molar-refractivity contribution in [1.82, 2.24) is 19.9 Å². The lowest BCUT2D eigenvalue weighted by Crippen LogP contribution is -2.44. The fraction of sp³-hybridized carbons (Fsp3) is 0.269. The van der Waals surface area contributed by atoms with E-state index in [-0.39, 0.29) is 23.5 Å². The third-order valence-electron chi connectivity index (χ3n) is 5.96. The summed E-state index contributed by atoms with van der Waals surface area (Å²) < 4.78 is 5.85. The maximum atomic E-state index is 12.1. The number of halogens is 1. The van der Waals surface area contributed by atoms with Crippen LogP contribution in [0.15, 0.2) is 55.5 Å². The van der Waals surface area contributed by atoms with Gasteiger partial charge >= 0.3 is 0 Å². The molecule has 0 spiro atoms. The molecule has 1 amide bonds. The van der Waals surface area contributed by atoms with Gasteiger partial charge in [0.15, 0.2) is 0 Å². The summed E-state index contributed by atoms with van der Waals surface area (Å²) in [5, 5.41) is 12.6. The van der Waals surface area contributed by atoms with Gasteiger partial charge in [0, 0.05) is 42.1 Å². The first-order valence-corrected chi connectivity index (χ1v) is 11.9. The number of nitrogens with one attached hydrogen (secondary N) is 2. The Morgan fingerprint density at radius 1 is 1.33 bits per heavy atom. The van der Waals surface area contributed by atoms with Gasteiger partial charge in [0.05, 0.1) is 16.3 Å². The van der Waals surface area contributed by atoms with Crippen LogP contribution in [0.5, 0.6) is 5.75 Å². The van der Waals surface area contributed by atoms with E-state index in [0.717, 1.165) is 24.1 Å². The van der Waals surface area contributed by atoms with Crippen LogP contribution in [0.2, 0.25) is 5.02 Å². The number of nitrogens with two attached hydrogens (primary N) is 1. The van der Waals surface area contributed by atoms with Crippen molar-refractivity contribution in [2.45, 2.75) is 32.4 Å². The summed E-state index contributed by atoms with van der Waals surface area (Å²) in [6.07, 6.45) is 6.14. The van der Waals surface area contributed by atoms with E-state index < -0.39 is 0 Å². The Kier molecular flexibility index (Phi) is 7.80. The number of aromatic nitrogens is 3. The molecule has 0 bridgehead atoms. The summed E-state index contributed by atoms with van der Waals surface area (Å²) in [6, 6.07) is 8.96. The number of pyridine rings is 1. The summed E-state index contributed by atoms with van der Waals surface area (Å²) in [5.74, 6) is 1.01. The first-order valence-electron chi connectivity index (χ1n) is 11.6. The molecule has 3 aromatic rings. The van der Waals surface area contributed by atoms with E-state index in [1.165, 1.54) is 12.4 Å². The number of likely N-dealkylation sites (tertiary alicyclic amines) is 1. The molecule has 1 unspecified atom stereocenters. The Morgan fingerprint density at radius 2 is 2.17 bits per heavy atom. The van der Waals surface area contributed by atoms with Crippen LogP contribution in [0.4, 0.5) is 11.6 Å². The van der Waals surface area contributed by atoms with Gasteiger partial charge in [0.1, 0.15) is 30.3 Å². The number of carbonyl (C=O) groups excluding carboxylic acids is 1. The van der Waals surface area contributed by atoms with E-state index in [4.69, 9.17) is 27.5 Å². The lowest BCUT2D eigenvalue weighted by molar-refractivity contribution is -0.127. The highest BCUT2D eigenvalue weighted by atomic mass is 35.5. The number of rotatable bonds is 8. The molecule has 0 radical (unpaired) electrons. The number of hydrogen-bond acceptors (Lipinski definition) is 8. The number of anilines is 2. The Hall–Kier alpha value is -3.98. The average molecular weight is 506 g/mol. The Labute approximate surface area is 214 Å². The van der Waals surface area contributed by atoms with Crippen LogP contribution >= 0.6 is 11.6 Å². The second kappa shape index (κ2) is 11.2. The SMILES string of the molecule is C=CC(=O)N1CCCC(Nc2ncnc(N)c2C(=N)c2ccc(OCc3ccc(C)nc3)c(Cl)c2)C1. The summed E-state index contributed by atoms with van der Waals surface area (Å²) in [5.41, 5.74) is 9.08. The monoisotopic (exact) mass is 505 g/mol. The number of aryl methyl sites for hydroxylation is 1. The van der Waals surface area contributed by atoms with E-state index in [0.29, 0.717) is 47.4 Å². The largest absolute Gasteiger partial charge is 0.487 e. The molecule has 3 heterocycles. The van der Waals surface area contributed by atoms with Crippen molar-refractivity contribution in [3.63, 3.8) is 0 Å². The van der Waals surface area contributed by atoms with Gasteiger partial charge in [-0.05, 0) is 50.1 Å². The maximum absolute atomic E-state index is 12.1. The number of carbonyl (C=O) groups is 1. The third-order valence-corrected chi connectivity index (χ3v) is 6.26. The van der Waals surface area contributed by atoms with E-state index >= 15 is 0 Å². The van der Waals surface area contributed by atoms with Crippen LogP contribution in [0, 0.1) is 12.3 Å². The highest BCUT2D eigenvalue weighted by molar-refractivity contribution is 6.32. The predicted octanol–water partition coefficient (Wildman–Crippen LogP) is 4.00. The summed E-state index contributed by atoms with van der Waals surface area (Å²) in [7, 11) is 0. The molecule has 1 fully saturated rings. The van der Waals surface area contributed by atoms with Crippen molar-refractivity contribution in [2.75, 3.05) is 24.1 Å². The second-order valence-electron chi connectivity index (χ2n) is 8.57. The molecular formula is C26H28ClN7O2. The Balaban J connectivity index is 1.51. The zero-order valence-corrected chi connectivity index (χ0v) is 20.8. The number of ether oxygens (including phenoxy) is 1. The van der Waals surface area contributed by atoms with Crippen LogP contribution in [-0.2, 0) is 11.4 Å². The molecule has 10 heteroatoms. The molecule has 2 aromatic heterocycles. The highest BCUT2D eigenvalue weighted by Gasteiger charge is 2.25. The Bertz CT molecular complexity index is 1280. The van der Waals surface area contributed by atoms with Crippen molar-refractivity contribution in [3.8, 4) is 5.75 Å². The average Bonchev–Trinajstić information content (AvgIpc) is 2.88. The Morgan fingerprint density at radius 3 is 2.89 bits per heavy atom. The minimum absolute atomic E-state index is 0.0425. The number of piperidine rings is 1. The molecule has 0 saturated carbocycles. The molecule has 186 valence electrons. The van der Waals surface area contributed by atoms with E-state index in [2.05, 4.69) is 26.8 Å². The zero-order chi connectivity index (χ0) is 25.7. The topological polar surface area (TPSA) is 130 Å². The van der Waals surface area contributed by atoms with E-state index in [9.17, 15) is 4.79 Å². The minimum Gasteiger partial charge on any atom is -0.487 e. The van der Waals surface area contributed by atoms with Crippen LogP contribution in [0.25, 0.3) is 0 Å². The quantitative estimate of drug-likeness (QED) is 0.311. The molecule has 4 rings (SSSR count). The van der Waals surface area contributed by atoms with Crippen LogP contribution in [-0.4, -0.2) is 50.6 Å². The van der Waals surface area contributed by atoms with Crippen molar-refractivity contribution in [1.29, 1.82) is 5.41 Å². The fourth-order valence-corrected chi connectivity index (χ4v) is 4.27. The molecule has 1 aromatic carbocycles. The van der Waals surface area contributed by atoms with Gasteiger partial charge in [0.25, 0.3) is 0 Å². The summed E-state index contributed by atoms with van der Waals surface area (Å²) in [6.45, 7) is 7.01. The molecule has 36 heavy (non-hydrogen) atoms. The van der Waals surface area contributed by atoms with Crippen molar-refractivity contribution in [2.24, 2.45) is 0 Å². The molecule has 9 nitrogen and oxygen atoms in total. The first-order chi connectivity index (χ1) is 17.4. The summed E-state index contributed by atoms with van der Waals surface area (Å²) in [4.78, 5) is 26.5. The standard InChI is InChI=1S/C26H28ClN7O2/c1-3-22(35)34-10-4-5-19(13-34)33-26-23(25(29)31-15-32-26)24(28)18-8-9-21(20(27)11-18)36-14-17-7-6-16(2)30-12-17/h3,6-9,11-12,15,19,28H,1,4-5,10,13-14H2,2H3,(H3,29,31,32,33). The molecule has 1 aliphatic heterocycles. The number of nitrogen functional groups attached to an aromatic ring is 1. The summed E-state index contributed by atoms with van der Waals surface area (Å²) >= 11 is 6.49. The van der Waals surface area contributed by atoms with Crippen LogP contribution in [0.1, 0.15) is 35.2 Å². The third kappa shape index (κ3) is 5.80. The van der Waals surface area contributed by atoms with Gasteiger partial charge in [-0.2, -0.15) is 0 Å². The number of nitrogens with zero attached hydrogens (tertiary/aromatic N) is 4. The molecular weight excluding hydrogens is 478 g/mol. The molecule has 1 saturated heterocycles. The van der Waals surface area contributed by atoms with Crippen molar-refractivity contribution in [3.05, 3.63) is 82.9 Å². The first kappa shape index (κ1) is 25.1. The van der Waals surface area contributed by atoms with Gasteiger partial charge in [-0.3, -0.25) is 15.2 Å². The normalized spacial score (nSPS) is 15.3. The smallest absolute Gasteiger partial charge is 0.246 e. The highest BCUT2D eigenvalue weighted by Crippen LogP contribution is 2.30. The molecule has 1 aliphatic rings. The zero-order valence-electron chi connectivity index (χ0n) is 20.0. The van der Waals surface area contributed by atoms with Crippen LogP contribution in [0.3, 0.4) is 0 Å². The molecule has 1 atom stereocenters. The molecule has 0 aliphatic carbocycles. The number of amides is 1. The van der Waals surface area contributed by atoms with Crippen molar-refractivity contribution < 1.29 is 9.53 Å². The van der Waals surface area contributed by atoms with Crippen LogP contribution < -0.4 is 15.8 Å². The van der Waals surface area contributed by atoms with Gasteiger partial charge in [-0.15, -0.1) is 0 Å². The van der Waals surface area contributed by atoms with Gasteiger partial charge < -0.3 is 20.7 Å². The lowest BCUT2D eigenvalue weighted by Gasteiger charge is -2.33. The minimum atomic E-state index is -0.104. The van der Waals surface area contributed by atoms with Gasteiger partial charge in [-0.25, -0.2) is 9.97 Å². The lowest BCUT2D eigenvalue weighted by atomic mass is 10.0. The van der Waals surface area contributed by atoms with E-state index in [1.54, 1.807) is 29.3 Å². The predicted molar refractivity (Wildman–Crippen MR) is 141 cm³/mol. The van der Waals surface area contributed by atoms with Crippen molar-refractivity contribution >= 4 is 34.9 Å². The molecule has 4 N–H and O–H groups in total.